The predicted octanol–water partition coefficient (Wildman–Crippen LogP) is 2.79. The predicted molar refractivity (Wildman–Crippen MR) is 90.9 cm³/mol. The lowest BCUT2D eigenvalue weighted by atomic mass is 9.89. The molecule has 0 bridgehead atoms. The van der Waals surface area contributed by atoms with Crippen molar-refractivity contribution in [1.82, 2.24) is 5.32 Å². The van der Waals surface area contributed by atoms with Crippen LogP contribution in [0.5, 0.6) is 0 Å². The molecular formula is C16H31N3OSi. The van der Waals surface area contributed by atoms with E-state index in [9.17, 15) is 0 Å². The van der Waals surface area contributed by atoms with Crippen molar-refractivity contribution in [3.8, 4) is 0 Å². The molecule has 21 heavy (non-hydrogen) atoms. The van der Waals surface area contributed by atoms with Gasteiger partial charge in [-0.25, -0.2) is 0 Å². The Bertz CT molecular complexity index is 453. The second-order valence-electron chi connectivity index (χ2n) is 8.07. The van der Waals surface area contributed by atoms with Gasteiger partial charge in [-0.3, -0.25) is 0 Å². The van der Waals surface area contributed by atoms with Crippen LogP contribution in [-0.4, -0.2) is 20.1 Å². The molecule has 1 aliphatic heterocycles. The maximum atomic E-state index is 6.54. The highest BCUT2D eigenvalue weighted by atomic mass is 28.4. The molecule has 1 unspecified atom stereocenters. The van der Waals surface area contributed by atoms with Crippen molar-refractivity contribution in [2.24, 2.45) is 17.4 Å². The molecule has 4 nitrogen and oxygen atoms in total. The number of hydrogen-bond acceptors (Lipinski definition) is 4. The average molecular weight is 310 g/mol. The second kappa shape index (κ2) is 5.45. The SMILES string of the molecule is CC(C)(C)[Si](C)(C)O[C@H]1CC[C@H](C2(N)C=CC(N)=CN2)C1. The summed E-state index contributed by atoms with van der Waals surface area (Å²) in [6.07, 6.45) is 9.27. The maximum Gasteiger partial charge on any atom is 0.192 e. The highest BCUT2D eigenvalue weighted by Gasteiger charge is 2.44. The van der Waals surface area contributed by atoms with Gasteiger partial charge in [0.1, 0.15) is 5.66 Å². The molecule has 0 aromatic rings. The van der Waals surface area contributed by atoms with Gasteiger partial charge >= 0.3 is 0 Å². The van der Waals surface area contributed by atoms with Crippen molar-refractivity contribution in [3.63, 3.8) is 0 Å². The van der Waals surface area contributed by atoms with Crippen LogP contribution in [0.1, 0.15) is 40.0 Å². The van der Waals surface area contributed by atoms with E-state index in [2.05, 4.69) is 39.2 Å². The molecule has 1 fully saturated rings. The lowest BCUT2D eigenvalue weighted by molar-refractivity contribution is 0.173. The van der Waals surface area contributed by atoms with Crippen molar-refractivity contribution >= 4 is 8.32 Å². The van der Waals surface area contributed by atoms with Crippen LogP contribution in [0.2, 0.25) is 18.1 Å². The van der Waals surface area contributed by atoms with Crippen molar-refractivity contribution in [1.29, 1.82) is 0 Å². The Morgan fingerprint density at radius 3 is 2.52 bits per heavy atom. The summed E-state index contributed by atoms with van der Waals surface area (Å²) in [6.45, 7) is 11.5. The first-order valence-corrected chi connectivity index (χ1v) is 10.8. The number of nitrogens with one attached hydrogen (secondary N) is 1. The number of rotatable bonds is 3. The van der Waals surface area contributed by atoms with Crippen LogP contribution in [0.25, 0.3) is 0 Å². The summed E-state index contributed by atoms with van der Waals surface area (Å²) in [5, 5.41) is 3.52. The molecule has 0 aromatic heterocycles. The van der Waals surface area contributed by atoms with Gasteiger partial charge in [0, 0.05) is 23.9 Å². The monoisotopic (exact) mass is 309 g/mol. The van der Waals surface area contributed by atoms with Crippen molar-refractivity contribution in [3.05, 3.63) is 24.0 Å². The van der Waals surface area contributed by atoms with E-state index in [1.54, 1.807) is 0 Å². The van der Waals surface area contributed by atoms with E-state index < -0.39 is 14.0 Å². The molecule has 2 aliphatic rings. The van der Waals surface area contributed by atoms with E-state index in [0.29, 0.717) is 12.0 Å². The summed E-state index contributed by atoms with van der Waals surface area (Å²) in [5.74, 6) is 0.396. The Labute approximate surface area is 130 Å². The van der Waals surface area contributed by atoms with Crippen LogP contribution in [0.4, 0.5) is 0 Å². The third-order valence-electron chi connectivity index (χ3n) is 5.37. The number of hydrogen-bond donors (Lipinski definition) is 3. The molecule has 1 aliphatic carbocycles. The lowest BCUT2D eigenvalue weighted by Gasteiger charge is -2.39. The minimum atomic E-state index is -1.70. The zero-order valence-corrected chi connectivity index (χ0v) is 15.1. The second-order valence-corrected chi connectivity index (χ2v) is 12.8. The van der Waals surface area contributed by atoms with Gasteiger partial charge in [0.25, 0.3) is 0 Å². The fourth-order valence-electron chi connectivity index (χ4n) is 2.87. The molecule has 0 spiro atoms. The first-order chi connectivity index (χ1) is 9.53. The van der Waals surface area contributed by atoms with Crippen molar-refractivity contribution in [2.45, 2.75) is 69.9 Å². The Kier molecular flexibility index (Phi) is 4.30. The fourth-order valence-corrected chi connectivity index (χ4v) is 4.27. The standard InChI is InChI=1S/C16H31N3OSi/c1-15(2,3)21(4,5)20-14-7-6-12(10-14)16(18)9-8-13(17)11-19-16/h8-9,11-12,14,19H,6-7,10,17-18H2,1-5H3/t12-,14-,16?/m0/s1. The third-order valence-corrected chi connectivity index (χ3v) is 9.90. The van der Waals surface area contributed by atoms with Gasteiger partial charge < -0.3 is 21.2 Å². The lowest BCUT2D eigenvalue weighted by Crippen LogP contribution is -2.56. The summed E-state index contributed by atoms with van der Waals surface area (Å²) in [7, 11) is -1.70. The molecule has 0 amide bonds. The smallest absolute Gasteiger partial charge is 0.192 e. The topological polar surface area (TPSA) is 73.3 Å². The molecule has 0 radical (unpaired) electrons. The number of allylic oxidation sites excluding steroid dienone is 1. The van der Waals surface area contributed by atoms with Crippen LogP contribution in [0.15, 0.2) is 24.0 Å². The zero-order chi connectivity index (χ0) is 15.9. The summed E-state index contributed by atoms with van der Waals surface area (Å²) in [6, 6.07) is 0. The van der Waals surface area contributed by atoms with Crippen LogP contribution >= 0.6 is 0 Å². The molecule has 5 N–H and O–H groups in total. The molecule has 1 heterocycles. The summed E-state index contributed by atoms with van der Waals surface area (Å²) >= 11 is 0. The molecule has 1 saturated carbocycles. The van der Waals surface area contributed by atoms with E-state index >= 15 is 0 Å². The van der Waals surface area contributed by atoms with Gasteiger partial charge in [0.2, 0.25) is 0 Å². The Hall–Kier alpha value is -0.783. The quantitative estimate of drug-likeness (QED) is 0.701. The molecule has 0 saturated heterocycles. The largest absolute Gasteiger partial charge is 0.414 e. The van der Waals surface area contributed by atoms with Gasteiger partial charge in [-0.05, 0) is 49.5 Å². The fraction of sp³-hybridized carbons (Fsp3) is 0.750. The Morgan fingerprint density at radius 2 is 2.00 bits per heavy atom. The van der Waals surface area contributed by atoms with Gasteiger partial charge in [-0.15, -0.1) is 0 Å². The van der Waals surface area contributed by atoms with E-state index in [1.165, 1.54) is 0 Å². The maximum absolute atomic E-state index is 6.54. The Balaban J connectivity index is 1.97. The van der Waals surface area contributed by atoms with Crippen molar-refractivity contribution < 1.29 is 4.43 Å². The highest BCUT2D eigenvalue weighted by Crippen LogP contribution is 2.42. The normalized spacial score (nSPS) is 33.7. The van der Waals surface area contributed by atoms with E-state index in [-0.39, 0.29) is 5.04 Å². The summed E-state index contributed by atoms with van der Waals surface area (Å²) in [4.78, 5) is 0. The third kappa shape index (κ3) is 3.52. The van der Waals surface area contributed by atoms with Gasteiger partial charge in [-0.2, -0.15) is 0 Å². The van der Waals surface area contributed by atoms with Crippen LogP contribution in [0, 0.1) is 5.92 Å². The van der Waals surface area contributed by atoms with Crippen LogP contribution < -0.4 is 16.8 Å². The molecule has 120 valence electrons. The van der Waals surface area contributed by atoms with Gasteiger partial charge in [0.15, 0.2) is 8.32 Å². The molecule has 0 aromatic carbocycles. The van der Waals surface area contributed by atoms with Gasteiger partial charge in [0.05, 0.1) is 0 Å². The zero-order valence-electron chi connectivity index (χ0n) is 14.1. The Morgan fingerprint density at radius 1 is 1.33 bits per heavy atom. The van der Waals surface area contributed by atoms with Crippen LogP contribution in [0.3, 0.4) is 0 Å². The van der Waals surface area contributed by atoms with Crippen LogP contribution in [-0.2, 0) is 4.43 Å². The average Bonchev–Trinajstić information content (AvgIpc) is 2.80. The molecule has 5 heteroatoms. The minimum Gasteiger partial charge on any atom is -0.414 e. The summed E-state index contributed by atoms with van der Waals surface area (Å²) in [5.41, 5.74) is 12.5. The number of dihydropyridines is 1. The molecule has 3 atom stereocenters. The van der Waals surface area contributed by atoms with Crippen molar-refractivity contribution in [2.75, 3.05) is 0 Å². The number of nitrogens with two attached hydrogens (primary N) is 2. The first kappa shape index (κ1) is 16.6. The molecule has 2 rings (SSSR count). The van der Waals surface area contributed by atoms with E-state index in [1.807, 2.05) is 18.4 Å². The van der Waals surface area contributed by atoms with E-state index in [4.69, 9.17) is 15.9 Å². The highest BCUT2D eigenvalue weighted by molar-refractivity contribution is 6.74. The molecular weight excluding hydrogens is 278 g/mol. The van der Waals surface area contributed by atoms with E-state index in [0.717, 1.165) is 25.0 Å². The van der Waals surface area contributed by atoms with Gasteiger partial charge in [-0.1, -0.05) is 20.8 Å². The first-order valence-electron chi connectivity index (χ1n) is 7.93. The summed E-state index contributed by atoms with van der Waals surface area (Å²) < 4.78 is 6.54. The minimum absolute atomic E-state index is 0.256.